The summed E-state index contributed by atoms with van der Waals surface area (Å²) < 4.78 is 0. The maximum atomic E-state index is 5.29. The number of hydrazine groups is 1. The maximum absolute atomic E-state index is 5.29. The molecule has 4 heteroatoms. The van der Waals surface area contributed by atoms with Gasteiger partial charge in [-0.15, -0.1) is 0 Å². The van der Waals surface area contributed by atoms with Crippen LogP contribution in [0.4, 0.5) is 0 Å². The molecule has 0 aromatic heterocycles. The van der Waals surface area contributed by atoms with Crippen LogP contribution in [0, 0.1) is 0 Å². The lowest BCUT2D eigenvalue weighted by molar-refractivity contribution is -0.511. The first-order valence-electron chi connectivity index (χ1n) is 5.25. The standard InChI is InChI=1S/C13H14N4/c1-9(16-17-13(14)15)11-7-6-10-4-2-3-5-12(10)8-11/h2-8,16H,1H2,(H4,14,15,17)/p+1. The van der Waals surface area contributed by atoms with Crippen LogP contribution in [0.5, 0.6) is 0 Å². The largest absolute Gasteiger partial charge is 0.360 e. The van der Waals surface area contributed by atoms with Crippen LogP contribution in [0.2, 0.25) is 0 Å². The summed E-state index contributed by atoms with van der Waals surface area (Å²) >= 11 is 0. The molecule has 0 amide bonds. The van der Waals surface area contributed by atoms with Crippen molar-refractivity contribution in [3.63, 3.8) is 0 Å². The summed E-state index contributed by atoms with van der Waals surface area (Å²) in [5.74, 6) is 0.104. The van der Waals surface area contributed by atoms with Gasteiger partial charge in [-0.2, -0.15) is 5.10 Å². The zero-order valence-corrected chi connectivity index (χ0v) is 9.40. The molecule has 0 unspecified atom stereocenters. The minimum atomic E-state index is 0.104. The second kappa shape index (κ2) is 4.57. The summed E-state index contributed by atoms with van der Waals surface area (Å²) in [6.45, 7) is 3.91. The van der Waals surface area contributed by atoms with Gasteiger partial charge in [-0.25, -0.2) is 0 Å². The summed E-state index contributed by atoms with van der Waals surface area (Å²) in [4.78, 5) is 0. The van der Waals surface area contributed by atoms with Crippen molar-refractivity contribution in [2.24, 2.45) is 11.5 Å². The predicted octanol–water partition coefficient (Wildman–Crippen LogP) is -0.331. The molecule has 0 heterocycles. The molecule has 0 aliphatic carbocycles. The number of benzene rings is 2. The SMILES string of the molecule is C=C(N[NH+]=C(N)N)c1ccc2ccccc2c1. The summed E-state index contributed by atoms with van der Waals surface area (Å²) in [6, 6.07) is 14.2. The highest BCUT2D eigenvalue weighted by Crippen LogP contribution is 2.18. The van der Waals surface area contributed by atoms with Crippen LogP contribution in [0.3, 0.4) is 0 Å². The fourth-order valence-electron chi connectivity index (χ4n) is 1.60. The molecule has 0 aliphatic heterocycles. The quantitative estimate of drug-likeness (QED) is 0.329. The molecule has 2 aromatic rings. The topological polar surface area (TPSA) is 78.0 Å². The minimum absolute atomic E-state index is 0.104. The minimum Gasteiger partial charge on any atom is -0.289 e. The van der Waals surface area contributed by atoms with Gasteiger partial charge in [0.25, 0.3) is 0 Å². The summed E-state index contributed by atoms with van der Waals surface area (Å²) in [5.41, 5.74) is 15.1. The van der Waals surface area contributed by atoms with Gasteiger partial charge in [-0.1, -0.05) is 43.0 Å². The molecule has 0 spiro atoms. The van der Waals surface area contributed by atoms with Crippen molar-refractivity contribution in [3.05, 3.63) is 54.6 Å². The number of hydrogen-bond acceptors (Lipinski definition) is 1. The number of nitrogens with one attached hydrogen (secondary N) is 2. The van der Waals surface area contributed by atoms with Crippen molar-refractivity contribution in [1.29, 1.82) is 0 Å². The first kappa shape index (κ1) is 11.0. The second-order valence-electron chi connectivity index (χ2n) is 3.75. The van der Waals surface area contributed by atoms with Gasteiger partial charge in [-0.05, 0) is 16.8 Å². The van der Waals surface area contributed by atoms with Gasteiger partial charge >= 0.3 is 5.96 Å². The first-order chi connectivity index (χ1) is 8.16. The van der Waals surface area contributed by atoms with Gasteiger partial charge in [0.15, 0.2) is 0 Å². The molecule has 4 nitrogen and oxygen atoms in total. The molecule has 0 bridgehead atoms. The van der Waals surface area contributed by atoms with E-state index >= 15 is 0 Å². The Hall–Kier alpha value is -2.49. The number of hydrazone groups is 1. The van der Waals surface area contributed by atoms with Crippen molar-refractivity contribution in [2.45, 2.75) is 0 Å². The normalized spacial score (nSPS) is 9.88. The van der Waals surface area contributed by atoms with E-state index in [1.807, 2.05) is 24.3 Å². The van der Waals surface area contributed by atoms with E-state index in [9.17, 15) is 0 Å². The van der Waals surface area contributed by atoms with Crippen molar-refractivity contribution in [3.8, 4) is 0 Å². The lowest BCUT2D eigenvalue weighted by Gasteiger charge is -2.06. The first-order valence-corrected chi connectivity index (χ1v) is 5.25. The summed E-state index contributed by atoms with van der Waals surface area (Å²) in [7, 11) is 0. The van der Waals surface area contributed by atoms with Crippen LogP contribution in [-0.2, 0) is 0 Å². The Bertz CT molecular complexity index is 583. The number of hydrogen-bond donors (Lipinski definition) is 4. The van der Waals surface area contributed by atoms with Gasteiger partial charge in [0.1, 0.15) is 0 Å². The zero-order valence-electron chi connectivity index (χ0n) is 9.40. The van der Waals surface area contributed by atoms with Crippen molar-refractivity contribution in [2.75, 3.05) is 0 Å². The molecule has 0 atom stereocenters. The number of nitrogens with two attached hydrogens (primary N) is 2. The highest BCUT2D eigenvalue weighted by Gasteiger charge is 2.00. The van der Waals surface area contributed by atoms with E-state index in [0.717, 1.165) is 10.9 Å². The Morgan fingerprint density at radius 2 is 1.76 bits per heavy atom. The van der Waals surface area contributed by atoms with Crippen LogP contribution in [0.25, 0.3) is 16.5 Å². The number of rotatable bonds is 3. The molecule has 17 heavy (non-hydrogen) atoms. The van der Waals surface area contributed by atoms with Crippen molar-refractivity contribution in [1.82, 2.24) is 5.43 Å². The molecule has 2 rings (SSSR count). The van der Waals surface area contributed by atoms with E-state index in [-0.39, 0.29) is 5.96 Å². The van der Waals surface area contributed by atoms with Crippen LogP contribution in [0.15, 0.2) is 49.0 Å². The van der Waals surface area contributed by atoms with Gasteiger partial charge in [0, 0.05) is 5.56 Å². The van der Waals surface area contributed by atoms with Gasteiger partial charge < -0.3 is 0 Å². The summed E-state index contributed by atoms with van der Waals surface area (Å²) in [6.07, 6.45) is 0. The lowest BCUT2D eigenvalue weighted by Crippen LogP contribution is -2.85. The van der Waals surface area contributed by atoms with Crippen LogP contribution in [0.1, 0.15) is 5.56 Å². The van der Waals surface area contributed by atoms with E-state index in [0.29, 0.717) is 5.70 Å². The second-order valence-corrected chi connectivity index (χ2v) is 3.75. The van der Waals surface area contributed by atoms with Crippen molar-refractivity contribution >= 4 is 22.4 Å². The van der Waals surface area contributed by atoms with E-state index in [2.05, 4.69) is 35.3 Å². The van der Waals surface area contributed by atoms with E-state index in [4.69, 9.17) is 11.5 Å². The smallest absolute Gasteiger partial charge is 0.289 e. The molecule has 86 valence electrons. The highest BCUT2D eigenvalue weighted by molar-refractivity contribution is 5.85. The zero-order chi connectivity index (χ0) is 12.3. The van der Waals surface area contributed by atoms with E-state index in [1.165, 1.54) is 5.39 Å². The van der Waals surface area contributed by atoms with Gasteiger partial charge in [-0.3, -0.25) is 16.9 Å². The fraction of sp³-hybridized carbons (Fsp3) is 0. The van der Waals surface area contributed by atoms with Gasteiger partial charge in [0.05, 0.1) is 5.70 Å². The van der Waals surface area contributed by atoms with E-state index in [1.54, 1.807) is 0 Å². The molecule has 0 saturated carbocycles. The van der Waals surface area contributed by atoms with E-state index < -0.39 is 0 Å². The average molecular weight is 227 g/mol. The Kier molecular flexibility index (Phi) is 2.96. The molecular formula is C13H15N4+. The van der Waals surface area contributed by atoms with Gasteiger partial charge in [0.2, 0.25) is 0 Å². The fourth-order valence-corrected chi connectivity index (χ4v) is 1.60. The third-order valence-electron chi connectivity index (χ3n) is 2.46. The molecule has 0 radical (unpaired) electrons. The lowest BCUT2D eigenvalue weighted by atomic mass is 10.1. The molecule has 2 aromatic carbocycles. The van der Waals surface area contributed by atoms with Crippen LogP contribution in [-0.4, -0.2) is 5.96 Å². The molecular weight excluding hydrogens is 212 g/mol. The highest BCUT2D eigenvalue weighted by atomic mass is 15.3. The van der Waals surface area contributed by atoms with Crippen LogP contribution < -0.4 is 22.0 Å². The maximum Gasteiger partial charge on any atom is 0.360 e. The number of guanidine groups is 1. The van der Waals surface area contributed by atoms with Crippen LogP contribution >= 0.6 is 0 Å². The average Bonchev–Trinajstić information content (AvgIpc) is 2.35. The molecule has 0 aliphatic rings. The Balaban J connectivity index is 2.30. The number of fused-ring (bicyclic) bond motifs is 1. The summed E-state index contributed by atoms with van der Waals surface area (Å²) in [5, 5.41) is 4.98. The predicted molar refractivity (Wildman–Crippen MR) is 70.5 cm³/mol. The third kappa shape index (κ3) is 2.55. The Labute approximate surface area is 99.6 Å². The third-order valence-corrected chi connectivity index (χ3v) is 2.46. The molecule has 6 N–H and O–H groups in total. The molecule has 0 fully saturated rings. The van der Waals surface area contributed by atoms with Crippen molar-refractivity contribution < 1.29 is 5.10 Å². The molecule has 0 saturated heterocycles. The Morgan fingerprint density at radius 1 is 1.06 bits per heavy atom. The Morgan fingerprint density at radius 3 is 2.47 bits per heavy atom. The monoisotopic (exact) mass is 227 g/mol.